The Balaban J connectivity index is 1.63. The molecular formula is C26H33BrN4O5. The Morgan fingerprint density at radius 2 is 2.06 bits per heavy atom. The van der Waals surface area contributed by atoms with E-state index in [1.807, 2.05) is 0 Å². The normalized spacial score (nSPS) is 22.0. The minimum absolute atomic E-state index is 0.223. The van der Waals surface area contributed by atoms with E-state index < -0.39 is 17.7 Å². The number of carbonyl (C=O) groups is 2. The van der Waals surface area contributed by atoms with Gasteiger partial charge < -0.3 is 30.1 Å². The lowest BCUT2D eigenvalue weighted by Gasteiger charge is -2.43. The summed E-state index contributed by atoms with van der Waals surface area (Å²) in [7, 11) is 2.97. The van der Waals surface area contributed by atoms with Crippen molar-refractivity contribution in [2.45, 2.75) is 31.9 Å². The van der Waals surface area contributed by atoms with Crippen molar-refractivity contribution in [2.75, 3.05) is 50.6 Å². The average Bonchev–Trinajstić information content (AvgIpc) is 2.87. The number of nitrogens with one attached hydrogen (secondary N) is 2. The van der Waals surface area contributed by atoms with Gasteiger partial charge in [0.05, 0.1) is 25.6 Å². The Labute approximate surface area is 219 Å². The number of carbonyl (C=O) groups excluding carboxylic acids is 2. The smallest absolute Gasteiger partial charge is 0.329 e. The van der Waals surface area contributed by atoms with Gasteiger partial charge in [0.25, 0.3) is 11.6 Å². The number of halogens is 1. The fraction of sp³-hybridized carbons (Fsp3) is 0.462. The summed E-state index contributed by atoms with van der Waals surface area (Å²) in [6, 6.07) is 9.17. The number of benzene rings is 2. The van der Waals surface area contributed by atoms with Crippen LogP contribution in [0.2, 0.25) is 0 Å². The summed E-state index contributed by atoms with van der Waals surface area (Å²) in [5.74, 6) is 0.768. The first-order valence-corrected chi connectivity index (χ1v) is 12.9. The van der Waals surface area contributed by atoms with Crippen LogP contribution >= 0.6 is 15.9 Å². The van der Waals surface area contributed by atoms with Crippen LogP contribution in [0.4, 0.5) is 16.2 Å². The minimum atomic E-state index is -2.32. The van der Waals surface area contributed by atoms with E-state index in [4.69, 9.17) is 9.47 Å². The van der Waals surface area contributed by atoms with Crippen LogP contribution in [0.5, 0.6) is 11.5 Å². The Hall–Kier alpha value is -2.82. The largest absolute Gasteiger partial charge is 0.497 e. The zero-order valence-electron chi connectivity index (χ0n) is 20.8. The van der Waals surface area contributed by atoms with Gasteiger partial charge in [-0.15, -0.1) is 0 Å². The molecule has 2 aliphatic rings. The Bertz CT molecular complexity index is 1130. The number of hydrogen-bond acceptors (Lipinski definition) is 6. The molecule has 2 aromatic carbocycles. The monoisotopic (exact) mass is 560 g/mol. The van der Waals surface area contributed by atoms with Crippen molar-refractivity contribution in [3.8, 4) is 11.5 Å². The van der Waals surface area contributed by atoms with Gasteiger partial charge in [-0.2, -0.15) is 0 Å². The van der Waals surface area contributed by atoms with Crippen molar-refractivity contribution >= 4 is 39.2 Å². The number of hydrogen-bond donors (Lipinski definition) is 3. The lowest BCUT2D eigenvalue weighted by molar-refractivity contribution is -0.140. The third-order valence-corrected chi connectivity index (χ3v) is 7.24. The Morgan fingerprint density at radius 1 is 1.25 bits per heavy atom. The number of ether oxygens (including phenoxy) is 2. The van der Waals surface area contributed by atoms with Gasteiger partial charge in [0.1, 0.15) is 11.5 Å². The number of aliphatic hydroxyl groups is 1. The lowest BCUT2D eigenvalue weighted by Crippen LogP contribution is -2.62. The molecule has 2 aromatic rings. The predicted molar refractivity (Wildman–Crippen MR) is 142 cm³/mol. The van der Waals surface area contributed by atoms with Gasteiger partial charge in [0.15, 0.2) is 0 Å². The van der Waals surface area contributed by atoms with Gasteiger partial charge in [-0.1, -0.05) is 22.9 Å². The van der Waals surface area contributed by atoms with Crippen molar-refractivity contribution in [2.24, 2.45) is 5.92 Å². The molecule has 0 bridgehead atoms. The second kappa shape index (κ2) is 11.1. The molecule has 2 heterocycles. The fourth-order valence-electron chi connectivity index (χ4n) is 4.95. The highest BCUT2D eigenvalue weighted by atomic mass is 79.9. The van der Waals surface area contributed by atoms with Crippen LogP contribution in [0.1, 0.15) is 31.7 Å². The van der Waals surface area contributed by atoms with Gasteiger partial charge in [0.2, 0.25) is 0 Å². The molecule has 0 aliphatic carbocycles. The Morgan fingerprint density at radius 3 is 2.78 bits per heavy atom. The molecule has 1 saturated heterocycles. The number of piperidine rings is 1. The molecule has 3 amide bonds. The molecule has 3 N–H and O–H groups in total. The fourth-order valence-corrected chi connectivity index (χ4v) is 5.31. The molecule has 2 atom stereocenters. The number of fused-ring (bicyclic) bond motifs is 1. The number of anilines is 2. The van der Waals surface area contributed by atoms with E-state index in [9.17, 15) is 14.7 Å². The van der Waals surface area contributed by atoms with E-state index in [1.165, 1.54) is 27.1 Å². The lowest BCUT2D eigenvalue weighted by atomic mass is 9.94. The van der Waals surface area contributed by atoms with E-state index in [0.717, 1.165) is 31.0 Å². The highest BCUT2D eigenvalue weighted by Gasteiger charge is 2.52. The topological polar surface area (TPSA) is 103 Å². The first-order valence-electron chi connectivity index (χ1n) is 12.1. The van der Waals surface area contributed by atoms with Crippen LogP contribution in [0.3, 0.4) is 0 Å². The van der Waals surface area contributed by atoms with Gasteiger partial charge in [-0.3, -0.25) is 4.79 Å². The molecule has 0 aromatic heterocycles. The summed E-state index contributed by atoms with van der Waals surface area (Å²) < 4.78 is 11.4. The molecular weight excluding hydrogens is 528 g/mol. The van der Waals surface area contributed by atoms with Crippen molar-refractivity contribution in [3.63, 3.8) is 0 Å². The summed E-state index contributed by atoms with van der Waals surface area (Å²) in [6.07, 6.45) is 3.17. The summed E-state index contributed by atoms with van der Waals surface area (Å²) in [6.45, 7) is 5.61. The third-order valence-electron chi connectivity index (χ3n) is 6.75. The SMILES string of the molecule is COc1ccc(N2C(=O)Nc3ccc(Br)cc3[C@]2(O)C(=O)NCCCN2CCC[C@@H](C)C2)c(OC)c1. The molecule has 0 saturated carbocycles. The number of likely N-dealkylation sites (tertiary alicyclic amines) is 1. The first-order chi connectivity index (χ1) is 17.3. The molecule has 36 heavy (non-hydrogen) atoms. The number of rotatable bonds is 8. The molecule has 2 aliphatic heterocycles. The van der Waals surface area contributed by atoms with Crippen molar-refractivity contribution in [1.82, 2.24) is 10.2 Å². The number of amides is 3. The third kappa shape index (κ3) is 5.16. The maximum atomic E-state index is 13.7. The second-order valence-corrected chi connectivity index (χ2v) is 10.2. The number of methoxy groups -OCH3 is 2. The molecule has 1 fully saturated rings. The average molecular weight is 561 g/mol. The van der Waals surface area contributed by atoms with Gasteiger partial charge in [-0.25, -0.2) is 9.69 Å². The summed E-state index contributed by atoms with van der Waals surface area (Å²) >= 11 is 3.42. The van der Waals surface area contributed by atoms with Crippen LogP contribution in [0.25, 0.3) is 0 Å². The van der Waals surface area contributed by atoms with Crippen LogP contribution in [-0.4, -0.2) is 62.3 Å². The molecule has 0 radical (unpaired) electrons. The van der Waals surface area contributed by atoms with Gasteiger partial charge in [-0.05, 0) is 68.6 Å². The Kier molecular flexibility index (Phi) is 8.07. The van der Waals surface area contributed by atoms with E-state index >= 15 is 0 Å². The maximum absolute atomic E-state index is 13.7. The van der Waals surface area contributed by atoms with Gasteiger partial charge in [0, 0.05) is 29.2 Å². The van der Waals surface area contributed by atoms with E-state index in [0.29, 0.717) is 28.4 Å². The quantitative estimate of drug-likeness (QED) is 0.423. The van der Waals surface area contributed by atoms with Crippen LogP contribution in [0.15, 0.2) is 40.9 Å². The van der Waals surface area contributed by atoms with Crippen LogP contribution in [0, 0.1) is 5.92 Å². The molecule has 10 heteroatoms. The summed E-state index contributed by atoms with van der Waals surface area (Å²) in [4.78, 5) is 30.4. The zero-order valence-corrected chi connectivity index (χ0v) is 22.4. The van der Waals surface area contributed by atoms with E-state index in [1.54, 1.807) is 36.4 Å². The van der Waals surface area contributed by atoms with Crippen LogP contribution in [-0.2, 0) is 10.5 Å². The number of urea groups is 1. The van der Waals surface area contributed by atoms with Crippen LogP contribution < -0.4 is 25.0 Å². The first kappa shape index (κ1) is 26.2. The maximum Gasteiger partial charge on any atom is 0.329 e. The van der Waals surface area contributed by atoms with Crippen molar-refractivity contribution in [3.05, 3.63) is 46.4 Å². The highest BCUT2D eigenvalue weighted by molar-refractivity contribution is 9.10. The summed E-state index contributed by atoms with van der Waals surface area (Å²) in [5.41, 5.74) is -1.49. The highest BCUT2D eigenvalue weighted by Crippen LogP contribution is 2.44. The number of nitrogens with zero attached hydrogens (tertiary/aromatic N) is 2. The standard InChI is InChI=1S/C26H33BrN4O5/c1-17-6-4-12-30(16-17)13-5-11-28-24(32)26(34)20-14-18(27)7-9-21(20)29-25(33)31(26)22-10-8-19(35-2)15-23(22)36-3/h7-10,14-15,17,34H,4-6,11-13,16H2,1-3H3,(H,28,32)(H,29,33)/t17-,26+/m1/s1. The van der Waals surface area contributed by atoms with Crippen molar-refractivity contribution < 1.29 is 24.2 Å². The van der Waals surface area contributed by atoms with E-state index in [2.05, 4.69) is 38.4 Å². The van der Waals surface area contributed by atoms with Gasteiger partial charge >= 0.3 is 6.03 Å². The molecule has 194 valence electrons. The van der Waals surface area contributed by atoms with Crippen molar-refractivity contribution in [1.29, 1.82) is 0 Å². The molecule has 9 nitrogen and oxygen atoms in total. The minimum Gasteiger partial charge on any atom is -0.497 e. The summed E-state index contributed by atoms with van der Waals surface area (Å²) in [5, 5.41) is 17.7. The molecule has 0 unspecified atom stereocenters. The van der Waals surface area contributed by atoms with E-state index in [-0.39, 0.29) is 17.0 Å². The molecule has 0 spiro atoms. The molecule has 4 rings (SSSR count). The predicted octanol–water partition coefficient (Wildman–Crippen LogP) is 3.90. The zero-order chi connectivity index (χ0) is 25.9. The second-order valence-electron chi connectivity index (χ2n) is 9.32.